The second-order valence-corrected chi connectivity index (χ2v) is 6.74. The minimum atomic E-state index is -0.136. The van der Waals surface area contributed by atoms with Gasteiger partial charge < -0.3 is 4.90 Å². The Bertz CT molecular complexity index is 745. The molecular weight excluding hydrogens is 279 g/mol. The van der Waals surface area contributed by atoms with E-state index in [1.165, 1.54) is 4.91 Å². The molecule has 3 heterocycles. The van der Waals surface area contributed by atoms with Gasteiger partial charge in [-0.25, -0.2) is 4.39 Å². The number of thioether (sulfide) groups is 1. The molecule has 0 bridgehead atoms. The molecule has 0 unspecified atom stereocenters. The van der Waals surface area contributed by atoms with Crippen molar-refractivity contribution in [1.29, 1.82) is 0 Å². The number of allylic oxidation sites excluding steroid dienone is 1. The predicted molar refractivity (Wildman–Crippen MR) is 81.0 cm³/mol. The quantitative estimate of drug-likeness (QED) is 0.784. The minimum absolute atomic E-state index is 0.136. The number of halogens is 1. The minimum Gasteiger partial charge on any atom is -0.318 e. The van der Waals surface area contributed by atoms with Crippen LogP contribution in [0.1, 0.15) is 12.5 Å². The SMILES string of the molecule is CC1=C(c2cc(F)c3ccsc3c2)N2CCN=C2S1. The van der Waals surface area contributed by atoms with Crippen LogP contribution >= 0.6 is 23.1 Å². The number of fused-ring (bicyclic) bond motifs is 2. The van der Waals surface area contributed by atoms with Crippen LogP contribution in [0, 0.1) is 5.82 Å². The summed E-state index contributed by atoms with van der Waals surface area (Å²) in [5, 5.41) is 3.71. The second kappa shape index (κ2) is 4.08. The molecule has 0 N–H and O–H groups in total. The summed E-state index contributed by atoms with van der Waals surface area (Å²) in [5.41, 5.74) is 2.08. The van der Waals surface area contributed by atoms with E-state index in [0.717, 1.165) is 34.2 Å². The summed E-state index contributed by atoms with van der Waals surface area (Å²) >= 11 is 3.27. The van der Waals surface area contributed by atoms with E-state index in [1.807, 2.05) is 11.4 Å². The van der Waals surface area contributed by atoms with Crippen LogP contribution in [0.3, 0.4) is 0 Å². The van der Waals surface area contributed by atoms with Gasteiger partial charge in [0.1, 0.15) is 5.82 Å². The third-order valence-electron chi connectivity index (χ3n) is 3.44. The van der Waals surface area contributed by atoms with Crippen molar-refractivity contribution < 1.29 is 4.39 Å². The molecule has 0 saturated heterocycles. The molecule has 1 aromatic carbocycles. The van der Waals surface area contributed by atoms with Gasteiger partial charge in [0.15, 0.2) is 5.17 Å². The summed E-state index contributed by atoms with van der Waals surface area (Å²) in [6.45, 7) is 3.82. The first-order valence-corrected chi connectivity index (χ1v) is 7.81. The number of rotatable bonds is 1. The summed E-state index contributed by atoms with van der Waals surface area (Å²) < 4.78 is 15.1. The van der Waals surface area contributed by atoms with E-state index in [-0.39, 0.29) is 5.82 Å². The number of aliphatic imine (C=N–C) groups is 1. The van der Waals surface area contributed by atoms with Crippen molar-refractivity contribution in [2.24, 2.45) is 4.99 Å². The summed E-state index contributed by atoms with van der Waals surface area (Å²) in [6, 6.07) is 5.58. The van der Waals surface area contributed by atoms with E-state index in [4.69, 9.17) is 0 Å². The number of amidine groups is 1. The molecule has 1 aromatic heterocycles. The molecule has 2 aliphatic heterocycles. The highest BCUT2D eigenvalue weighted by Crippen LogP contribution is 2.42. The Morgan fingerprint density at radius 3 is 3.16 bits per heavy atom. The van der Waals surface area contributed by atoms with E-state index >= 15 is 0 Å². The maximum absolute atomic E-state index is 14.1. The van der Waals surface area contributed by atoms with Crippen LogP contribution in [0.4, 0.5) is 4.39 Å². The van der Waals surface area contributed by atoms with E-state index in [9.17, 15) is 4.39 Å². The van der Waals surface area contributed by atoms with Gasteiger partial charge in [-0.1, -0.05) is 11.8 Å². The largest absolute Gasteiger partial charge is 0.318 e. The van der Waals surface area contributed by atoms with Gasteiger partial charge in [-0.3, -0.25) is 4.99 Å². The van der Waals surface area contributed by atoms with Crippen LogP contribution in [-0.2, 0) is 0 Å². The first-order valence-electron chi connectivity index (χ1n) is 6.12. The van der Waals surface area contributed by atoms with Crippen molar-refractivity contribution in [3.05, 3.63) is 39.9 Å². The number of thiophene rings is 1. The number of hydrogen-bond acceptors (Lipinski definition) is 4. The molecule has 0 atom stereocenters. The molecular formula is C14H11FN2S2. The average molecular weight is 290 g/mol. The molecule has 96 valence electrons. The standard InChI is InChI=1S/C14H11FN2S2/c1-8-13(17-4-3-16-14(17)19-8)9-6-11(15)10-2-5-18-12(10)7-9/h2,5-7H,3-4H2,1H3. The van der Waals surface area contributed by atoms with Crippen molar-refractivity contribution in [2.45, 2.75) is 6.92 Å². The van der Waals surface area contributed by atoms with E-state index in [0.29, 0.717) is 5.39 Å². The summed E-state index contributed by atoms with van der Waals surface area (Å²) in [4.78, 5) is 7.88. The molecule has 0 radical (unpaired) electrons. The fraction of sp³-hybridized carbons (Fsp3) is 0.214. The predicted octanol–water partition coefficient (Wildman–Crippen LogP) is 4.15. The Balaban J connectivity index is 1.90. The fourth-order valence-corrected chi connectivity index (χ4v) is 4.51. The zero-order valence-corrected chi connectivity index (χ0v) is 11.9. The van der Waals surface area contributed by atoms with Gasteiger partial charge >= 0.3 is 0 Å². The number of hydrogen-bond donors (Lipinski definition) is 0. The van der Waals surface area contributed by atoms with E-state index in [1.54, 1.807) is 29.2 Å². The maximum Gasteiger partial charge on any atom is 0.168 e. The van der Waals surface area contributed by atoms with Gasteiger partial charge in [0, 0.05) is 27.1 Å². The van der Waals surface area contributed by atoms with E-state index < -0.39 is 0 Å². The Morgan fingerprint density at radius 1 is 1.37 bits per heavy atom. The number of nitrogens with zero attached hydrogens (tertiary/aromatic N) is 2. The number of benzene rings is 1. The summed E-state index contributed by atoms with van der Waals surface area (Å²) in [5.74, 6) is -0.136. The first kappa shape index (κ1) is 11.5. The van der Waals surface area contributed by atoms with Crippen LogP contribution in [0.5, 0.6) is 0 Å². The molecule has 0 amide bonds. The molecule has 0 spiro atoms. The molecule has 2 aliphatic rings. The third kappa shape index (κ3) is 1.65. The van der Waals surface area contributed by atoms with Crippen LogP contribution in [0.25, 0.3) is 15.8 Å². The van der Waals surface area contributed by atoms with E-state index in [2.05, 4.69) is 22.9 Å². The summed E-state index contributed by atoms with van der Waals surface area (Å²) in [7, 11) is 0. The molecule has 4 rings (SSSR count). The Hall–Kier alpha value is -1.33. The highest BCUT2D eigenvalue weighted by atomic mass is 32.2. The van der Waals surface area contributed by atoms with Gasteiger partial charge in [-0.2, -0.15) is 0 Å². The lowest BCUT2D eigenvalue weighted by Crippen LogP contribution is -2.20. The molecule has 19 heavy (non-hydrogen) atoms. The monoisotopic (exact) mass is 290 g/mol. The van der Waals surface area contributed by atoms with Gasteiger partial charge in [0.2, 0.25) is 0 Å². The Morgan fingerprint density at radius 2 is 2.26 bits per heavy atom. The lowest BCUT2D eigenvalue weighted by molar-refractivity contribution is 0.632. The van der Waals surface area contributed by atoms with Crippen molar-refractivity contribution >= 4 is 44.0 Å². The Kier molecular flexibility index (Phi) is 2.47. The average Bonchev–Trinajstić information content (AvgIpc) is 3.02. The van der Waals surface area contributed by atoms with Crippen molar-refractivity contribution in [3.63, 3.8) is 0 Å². The van der Waals surface area contributed by atoms with Crippen molar-refractivity contribution in [3.8, 4) is 0 Å². The van der Waals surface area contributed by atoms with Crippen LogP contribution in [-0.4, -0.2) is 23.2 Å². The Labute approximate surface area is 118 Å². The van der Waals surface area contributed by atoms with Gasteiger partial charge in [-0.05, 0) is 30.5 Å². The highest BCUT2D eigenvalue weighted by molar-refractivity contribution is 8.17. The van der Waals surface area contributed by atoms with Crippen molar-refractivity contribution in [2.75, 3.05) is 13.1 Å². The zero-order chi connectivity index (χ0) is 13.0. The van der Waals surface area contributed by atoms with Gasteiger partial charge in [-0.15, -0.1) is 11.3 Å². The normalized spacial score (nSPS) is 18.4. The molecule has 0 fully saturated rings. The fourth-order valence-electron chi connectivity index (χ4n) is 2.62. The van der Waals surface area contributed by atoms with Crippen LogP contribution in [0.15, 0.2) is 33.5 Å². The summed E-state index contributed by atoms with van der Waals surface area (Å²) in [6.07, 6.45) is 0. The molecule has 0 saturated carbocycles. The second-order valence-electron chi connectivity index (χ2n) is 4.61. The zero-order valence-electron chi connectivity index (χ0n) is 10.3. The smallest absolute Gasteiger partial charge is 0.168 e. The topological polar surface area (TPSA) is 15.6 Å². The molecule has 2 aromatic rings. The highest BCUT2D eigenvalue weighted by Gasteiger charge is 2.31. The van der Waals surface area contributed by atoms with Crippen LogP contribution in [0.2, 0.25) is 0 Å². The lowest BCUT2D eigenvalue weighted by Gasteiger charge is -2.17. The lowest BCUT2D eigenvalue weighted by atomic mass is 10.1. The van der Waals surface area contributed by atoms with Gasteiger partial charge in [0.05, 0.1) is 12.2 Å². The molecule has 5 heteroatoms. The maximum atomic E-state index is 14.1. The molecule has 2 nitrogen and oxygen atoms in total. The third-order valence-corrected chi connectivity index (χ3v) is 5.34. The van der Waals surface area contributed by atoms with Crippen molar-refractivity contribution in [1.82, 2.24) is 4.90 Å². The van der Waals surface area contributed by atoms with Gasteiger partial charge in [0.25, 0.3) is 0 Å². The first-order chi connectivity index (χ1) is 9.24. The van der Waals surface area contributed by atoms with Crippen LogP contribution < -0.4 is 0 Å². The molecule has 0 aliphatic carbocycles.